The lowest BCUT2D eigenvalue weighted by atomic mass is 9.86. The standard InChI is InChI=1S/C16H22Cl2N2O3S/c1-23-14-5-4-13(17)16(18)15(14)10-6-7-19-11(8-10)9-20-24(21,22)12-2-3-12/h4-5,10-12,19-20H,2-3,6-9H2,1H3. The minimum Gasteiger partial charge on any atom is -0.496 e. The third-order valence-electron chi connectivity index (χ3n) is 4.71. The molecule has 1 aromatic carbocycles. The predicted molar refractivity (Wildman–Crippen MR) is 96.7 cm³/mol. The zero-order chi connectivity index (χ0) is 17.3. The zero-order valence-corrected chi connectivity index (χ0v) is 15.8. The van der Waals surface area contributed by atoms with Crippen molar-refractivity contribution >= 4 is 33.2 Å². The van der Waals surface area contributed by atoms with Crippen LogP contribution >= 0.6 is 23.2 Å². The lowest BCUT2D eigenvalue weighted by Gasteiger charge is -2.32. The van der Waals surface area contributed by atoms with E-state index in [1.54, 1.807) is 13.2 Å². The van der Waals surface area contributed by atoms with Gasteiger partial charge in [0.15, 0.2) is 0 Å². The van der Waals surface area contributed by atoms with Gasteiger partial charge in [-0.05, 0) is 50.3 Å². The third kappa shape index (κ3) is 3.99. The van der Waals surface area contributed by atoms with Crippen LogP contribution in [0.5, 0.6) is 5.75 Å². The van der Waals surface area contributed by atoms with Gasteiger partial charge in [-0.25, -0.2) is 13.1 Å². The molecule has 0 radical (unpaired) electrons. The largest absolute Gasteiger partial charge is 0.496 e. The molecule has 1 aliphatic carbocycles. The molecule has 0 aromatic heterocycles. The summed E-state index contributed by atoms with van der Waals surface area (Å²) in [6.07, 6.45) is 3.22. The quantitative estimate of drug-likeness (QED) is 0.780. The van der Waals surface area contributed by atoms with E-state index in [0.717, 1.165) is 43.5 Å². The lowest BCUT2D eigenvalue weighted by molar-refractivity contribution is 0.346. The Kier molecular flexibility index (Phi) is 5.62. The molecule has 8 heteroatoms. The summed E-state index contributed by atoms with van der Waals surface area (Å²) < 4.78 is 32.2. The van der Waals surface area contributed by atoms with E-state index < -0.39 is 10.0 Å². The maximum absolute atomic E-state index is 12.0. The molecule has 1 aliphatic heterocycles. The van der Waals surface area contributed by atoms with Crippen LogP contribution in [0.3, 0.4) is 0 Å². The minimum atomic E-state index is -3.16. The highest BCUT2D eigenvalue weighted by molar-refractivity contribution is 7.90. The molecule has 2 atom stereocenters. The van der Waals surface area contributed by atoms with Crippen LogP contribution in [0.25, 0.3) is 0 Å². The fraction of sp³-hybridized carbons (Fsp3) is 0.625. The summed E-state index contributed by atoms with van der Waals surface area (Å²) in [5.41, 5.74) is 0.920. The van der Waals surface area contributed by atoms with Crippen LogP contribution in [-0.2, 0) is 10.0 Å². The summed E-state index contributed by atoms with van der Waals surface area (Å²) in [5, 5.41) is 4.22. The fourth-order valence-corrected chi connectivity index (χ4v) is 5.15. The lowest BCUT2D eigenvalue weighted by Crippen LogP contribution is -2.46. The van der Waals surface area contributed by atoms with Gasteiger partial charge in [-0.2, -0.15) is 0 Å². The van der Waals surface area contributed by atoms with Crippen molar-refractivity contribution in [3.05, 3.63) is 27.7 Å². The molecule has 2 N–H and O–H groups in total. The monoisotopic (exact) mass is 392 g/mol. The van der Waals surface area contributed by atoms with Crippen molar-refractivity contribution in [1.82, 2.24) is 10.0 Å². The van der Waals surface area contributed by atoms with Crippen LogP contribution in [-0.4, -0.2) is 39.9 Å². The number of benzene rings is 1. The van der Waals surface area contributed by atoms with Crippen molar-refractivity contribution in [2.75, 3.05) is 20.2 Å². The number of sulfonamides is 1. The first-order valence-electron chi connectivity index (χ1n) is 8.16. The Hall–Kier alpha value is -0.530. The molecule has 3 rings (SSSR count). The molecule has 5 nitrogen and oxygen atoms in total. The smallest absolute Gasteiger partial charge is 0.214 e. The zero-order valence-electron chi connectivity index (χ0n) is 13.5. The number of hydrogen-bond acceptors (Lipinski definition) is 4. The SMILES string of the molecule is COc1ccc(Cl)c(Cl)c1C1CCNC(CNS(=O)(=O)C2CC2)C1. The number of halogens is 2. The number of rotatable bonds is 6. The average Bonchev–Trinajstić information content (AvgIpc) is 3.41. The molecule has 24 heavy (non-hydrogen) atoms. The summed E-state index contributed by atoms with van der Waals surface area (Å²) in [7, 11) is -1.54. The Bertz CT molecular complexity index is 708. The van der Waals surface area contributed by atoms with Gasteiger partial charge in [0, 0.05) is 18.2 Å². The number of piperidine rings is 1. The van der Waals surface area contributed by atoms with Gasteiger partial charge < -0.3 is 10.1 Å². The second-order valence-corrected chi connectivity index (χ2v) is 9.27. The topological polar surface area (TPSA) is 67.4 Å². The average molecular weight is 393 g/mol. The Morgan fingerprint density at radius 3 is 2.71 bits per heavy atom. The summed E-state index contributed by atoms with van der Waals surface area (Å²) in [6.45, 7) is 1.20. The molecule has 1 aromatic rings. The van der Waals surface area contributed by atoms with Gasteiger partial charge in [-0.1, -0.05) is 23.2 Å². The van der Waals surface area contributed by atoms with E-state index in [2.05, 4.69) is 10.0 Å². The van der Waals surface area contributed by atoms with E-state index in [1.165, 1.54) is 0 Å². The number of methoxy groups -OCH3 is 1. The number of ether oxygens (including phenoxy) is 1. The first-order chi connectivity index (χ1) is 11.4. The normalized spacial score (nSPS) is 24.8. The molecule has 2 fully saturated rings. The number of nitrogens with one attached hydrogen (secondary N) is 2. The van der Waals surface area contributed by atoms with Gasteiger partial charge >= 0.3 is 0 Å². The Morgan fingerprint density at radius 2 is 2.04 bits per heavy atom. The first kappa shape index (κ1) is 18.3. The Labute approximate surface area is 153 Å². The van der Waals surface area contributed by atoms with E-state index in [-0.39, 0.29) is 17.2 Å². The van der Waals surface area contributed by atoms with Gasteiger partial charge in [0.05, 0.1) is 22.4 Å². The van der Waals surface area contributed by atoms with Gasteiger partial charge in [0.25, 0.3) is 0 Å². The highest BCUT2D eigenvalue weighted by Crippen LogP contribution is 2.42. The molecule has 1 heterocycles. The van der Waals surface area contributed by atoms with E-state index >= 15 is 0 Å². The van der Waals surface area contributed by atoms with Gasteiger partial charge in [0.1, 0.15) is 5.75 Å². The summed E-state index contributed by atoms with van der Waals surface area (Å²) >= 11 is 12.6. The molecule has 0 spiro atoms. The van der Waals surface area contributed by atoms with Crippen LogP contribution in [0, 0.1) is 0 Å². The predicted octanol–water partition coefficient (Wildman–Crippen LogP) is 2.92. The Morgan fingerprint density at radius 1 is 1.29 bits per heavy atom. The minimum absolute atomic E-state index is 0.0667. The van der Waals surface area contributed by atoms with Gasteiger partial charge in [0.2, 0.25) is 10.0 Å². The van der Waals surface area contributed by atoms with Gasteiger partial charge in [-0.3, -0.25) is 0 Å². The maximum Gasteiger partial charge on any atom is 0.214 e. The second-order valence-electron chi connectivity index (χ2n) is 6.44. The summed E-state index contributed by atoms with van der Waals surface area (Å²) in [6, 6.07) is 3.63. The van der Waals surface area contributed by atoms with E-state index in [9.17, 15) is 8.42 Å². The van der Waals surface area contributed by atoms with Crippen molar-refractivity contribution < 1.29 is 13.2 Å². The molecule has 0 amide bonds. The van der Waals surface area contributed by atoms with Crippen molar-refractivity contribution in [3.8, 4) is 5.75 Å². The molecule has 1 saturated heterocycles. The summed E-state index contributed by atoms with van der Waals surface area (Å²) in [4.78, 5) is 0. The maximum atomic E-state index is 12.0. The Balaban J connectivity index is 1.70. The van der Waals surface area contributed by atoms with E-state index in [4.69, 9.17) is 27.9 Å². The highest BCUT2D eigenvalue weighted by atomic mass is 35.5. The third-order valence-corrected chi connectivity index (χ3v) is 7.45. The van der Waals surface area contributed by atoms with E-state index in [1.807, 2.05) is 6.07 Å². The van der Waals surface area contributed by atoms with Crippen molar-refractivity contribution in [1.29, 1.82) is 0 Å². The van der Waals surface area contributed by atoms with Crippen molar-refractivity contribution in [2.24, 2.45) is 0 Å². The molecular formula is C16H22Cl2N2O3S. The fourth-order valence-electron chi connectivity index (χ4n) is 3.24. The molecule has 134 valence electrons. The molecular weight excluding hydrogens is 371 g/mol. The van der Waals surface area contributed by atoms with Crippen molar-refractivity contribution in [3.63, 3.8) is 0 Å². The second kappa shape index (κ2) is 7.38. The molecule has 1 saturated carbocycles. The van der Waals surface area contributed by atoms with Crippen molar-refractivity contribution in [2.45, 2.75) is 42.9 Å². The van der Waals surface area contributed by atoms with Crippen LogP contribution < -0.4 is 14.8 Å². The van der Waals surface area contributed by atoms with Crippen LogP contribution in [0.2, 0.25) is 10.0 Å². The number of hydrogen-bond donors (Lipinski definition) is 2. The molecule has 0 bridgehead atoms. The molecule has 2 unspecified atom stereocenters. The van der Waals surface area contributed by atoms with Crippen LogP contribution in [0.1, 0.15) is 37.2 Å². The summed E-state index contributed by atoms with van der Waals surface area (Å²) in [5.74, 6) is 0.913. The van der Waals surface area contributed by atoms with Crippen LogP contribution in [0.15, 0.2) is 12.1 Å². The van der Waals surface area contributed by atoms with Gasteiger partial charge in [-0.15, -0.1) is 0 Å². The highest BCUT2D eigenvalue weighted by Gasteiger charge is 2.36. The van der Waals surface area contributed by atoms with E-state index in [0.29, 0.717) is 16.6 Å². The van der Waals surface area contributed by atoms with Crippen LogP contribution in [0.4, 0.5) is 0 Å². The molecule has 2 aliphatic rings. The first-order valence-corrected chi connectivity index (χ1v) is 10.5.